The monoisotopic (exact) mass is 395 g/mol. The molecular weight excluding hydrogens is 369 g/mol. The number of halogens is 1. The fourth-order valence-electron chi connectivity index (χ4n) is 3.97. The number of amides is 3. The second-order valence-electron chi connectivity index (χ2n) is 8.03. The van der Waals surface area contributed by atoms with E-state index in [1.165, 1.54) is 17.0 Å². The van der Waals surface area contributed by atoms with Crippen LogP contribution in [0.5, 0.6) is 0 Å². The summed E-state index contributed by atoms with van der Waals surface area (Å²) in [5.74, 6) is -0.481. The van der Waals surface area contributed by atoms with Crippen molar-refractivity contribution in [3.05, 3.63) is 71.0 Å². The van der Waals surface area contributed by atoms with Crippen LogP contribution in [-0.4, -0.2) is 34.4 Å². The number of nitrogens with zero attached hydrogens (tertiary/aromatic N) is 2. The number of benzene rings is 2. The largest absolute Gasteiger partial charge is 0.326 e. The molecule has 1 saturated carbocycles. The molecule has 3 amide bonds. The third kappa shape index (κ3) is 3.77. The van der Waals surface area contributed by atoms with Crippen LogP contribution in [0.3, 0.4) is 0 Å². The number of urea groups is 1. The number of imide groups is 1. The van der Waals surface area contributed by atoms with Crippen molar-refractivity contribution in [3.63, 3.8) is 0 Å². The molecule has 1 atom stereocenters. The number of nitrogens with one attached hydrogen (secondary N) is 1. The number of hydrogen-bond donors (Lipinski definition) is 1. The first-order valence-electron chi connectivity index (χ1n) is 10.1. The van der Waals surface area contributed by atoms with E-state index in [4.69, 9.17) is 0 Å². The molecule has 0 aromatic heterocycles. The molecule has 1 aliphatic heterocycles. The Morgan fingerprint density at radius 3 is 2.34 bits per heavy atom. The van der Waals surface area contributed by atoms with Crippen molar-refractivity contribution < 1.29 is 14.0 Å². The van der Waals surface area contributed by atoms with Crippen LogP contribution in [-0.2, 0) is 16.9 Å². The topological polar surface area (TPSA) is 52.7 Å². The van der Waals surface area contributed by atoms with Crippen LogP contribution >= 0.6 is 0 Å². The SMILES string of the molecule is CCC1(c2ccc(C)cc2)NC(=O)N(CN(Cc2ccc(F)cc2)C2CC2)C1=O. The molecular formula is C23H26FN3O2. The molecule has 29 heavy (non-hydrogen) atoms. The van der Waals surface area contributed by atoms with Crippen LogP contribution in [0, 0.1) is 12.7 Å². The van der Waals surface area contributed by atoms with Crippen LogP contribution in [0.4, 0.5) is 9.18 Å². The predicted octanol–water partition coefficient (Wildman–Crippen LogP) is 3.91. The minimum atomic E-state index is -1.02. The van der Waals surface area contributed by atoms with E-state index >= 15 is 0 Å². The van der Waals surface area contributed by atoms with Crippen molar-refractivity contribution in [2.75, 3.05) is 6.67 Å². The lowest BCUT2D eigenvalue weighted by Crippen LogP contribution is -2.45. The lowest BCUT2D eigenvalue weighted by atomic mass is 9.87. The standard InChI is InChI=1S/C23H26FN3O2/c1-3-23(18-8-4-16(2)5-9-18)21(28)27(22(29)25-23)15-26(20-12-13-20)14-17-6-10-19(24)11-7-17/h4-11,20H,3,12-15H2,1-2H3,(H,25,29). The number of carbonyl (C=O) groups excluding carboxylic acids is 2. The first kappa shape index (κ1) is 19.6. The molecule has 152 valence electrons. The maximum Gasteiger partial charge on any atom is 0.326 e. The molecule has 1 N–H and O–H groups in total. The second kappa shape index (κ2) is 7.59. The van der Waals surface area contributed by atoms with Crippen molar-refractivity contribution in [3.8, 4) is 0 Å². The maximum absolute atomic E-state index is 13.4. The van der Waals surface area contributed by atoms with Crippen LogP contribution in [0.1, 0.15) is 42.9 Å². The Balaban J connectivity index is 1.55. The van der Waals surface area contributed by atoms with E-state index in [2.05, 4.69) is 10.2 Å². The van der Waals surface area contributed by atoms with Gasteiger partial charge in [0, 0.05) is 12.6 Å². The van der Waals surface area contributed by atoms with Crippen LogP contribution in [0.2, 0.25) is 0 Å². The Hall–Kier alpha value is -2.73. The van der Waals surface area contributed by atoms with Gasteiger partial charge in [0.25, 0.3) is 5.91 Å². The number of hydrogen-bond acceptors (Lipinski definition) is 3. The van der Waals surface area contributed by atoms with E-state index in [9.17, 15) is 14.0 Å². The van der Waals surface area contributed by atoms with E-state index < -0.39 is 5.54 Å². The molecule has 1 unspecified atom stereocenters. The zero-order valence-electron chi connectivity index (χ0n) is 16.8. The molecule has 2 aromatic carbocycles. The third-order valence-electron chi connectivity index (χ3n) is 5.94. The van der Waals surface area contributed by atoms with Crippen molar-refractivity contribution in [2.24, 2.45) is 0 Å². The van der Waals surface area contributed by atoms with Gasteiger partial charge in [-0.1, -0.05) is 48.9 Å². The van der Waals surface area contributed by atoms with Gasteiger partial charge in [-0.3, -0.25) is 9.69 Å². The lowest BCUT2D eigenvalue weighted by molar-refractivity contribution is -0.133. The fraction of sp³-hybridized carbons (Fsp3) is 0.391. The molecule has 2 aromatic rings. The Kier molecular flexibility index (Phi) is 5.13. The minimum Gasteiger partial charge on any atom is -0.319 e. The number of aryl methyl sites for hydroxylation is 1. The van der Waals surface area contributed by atoms with Crippen LogP contribution in [0.15, 0.2) is 48.5 Å². The van der Waals surface area contributed by atoms with Gasteiger partial charge in [0.15, 0.2) is 0 Å². The van der Waals surface area contributed by atoms with Gasteiger partial charge in [-0.05, 0) is 49.4 Å². The third-order valence-corrected chi connectivity index (χ3v) is 5.94. The zero-order chi connectivity index (χ0) is 20.6. The second-order valence-corrected chi connectivity index (χ2v) is 8.03. The van der Waals surface area contributed by atoms with E-state index in [0.29, 0.717) is 19.0 Å². The Labute approximate surface area is 170 Å². The quantitative estimate of drug-likeness (QED) is 0.723. The highest BCUT2D eigenvalue weighted by Gasteiger charge is 2.52. The number of rotatable bonds is 7. The summed E-state index contributed by atoms with van der Waals surface area (Å²) in [7, 11) is 0. The van der Waals surface area contributed by atoms with Crippen molar-refractivity contribution >= 4 is 11.9 Å². The lowest BCUT2D eigenvalue weighted by Gasteiger charge is -2.28. The summed E-state index contributed by atoms with van der Waals surface area (Å²) in [5, 5.41) is 2.95. The summed E-state index contributed by atoms with van der Waals surface area (Å²) in [5.41, 5.74) is 1.86. The maximum atomic E-state index is 13.4. The van der Waals surface area contributed by atoms with E-state index in [0.717, 1.165) is 29.5 Å². The van der Waals surface area contributed by atoms with Crippen LogP contribution < -0.4 is 5.32 Å². The summed E-state index contributed by atoms with van der Waals surface area (Å²) in [4.78, 5) is 29.6. The van der Waals surface area contributed by atoms with Crippen molar-refractivity contribution in [2.45, 2.75) is 51.2 Å². The molecule has 0 bridgehead atoms. The van der Waals surface area contributed by atoms with Gasteiger partial charge in [0.1, 0.15) is 11.4 Å². The molecule has 4 rings (SSSR count). The van der Waals surface area contributed by atoms with Gasteiger partial charge in [0.05, 0.1) is 6.67 Å². The minimum absolute atomic E-state index is 0.210. The van der Waals surface area contributed by atoms with Crippen molar-refractivity contribution in [1.82, 2.24) is 15.1 Å². The molecule has 1 saturated heterocycles. The Morgan fingerprint density at radius 1 is 1.10 bits per heavy atom. The molecule has 5 nitrogen and oxygen atoms in total. The molecule has 2 aliphatic rings. The van der Waals surface area contributed by atoms with Gasteiger partial charge < -0.3 is 5.32 Å². The smallest absolute Gasteiger partial charge is 0.319 e. The van der Waals surface area contributed by atoms with Gasteiger partial charge in [-0.2, -0.15) is 0 Å². The molecule has 0 radical (unpaired) electrons. The fourth-order valence-corrected chi connectivity index (χ4v) is 3.97. The molecule has 0 spiro atoms. The van der Waals surface area contributed by atoms with E-state index in [1.807, 2.05) is 38.1 Å². The Morgan fingerprint density at radius 2 is 1.76 bits per heavy atom. The summed E-state index contributed by atoms with van der Waals surface area (Å²) >= 11 is 0. The molecule has 1 heterocycles. The average molecular weight is 395 g/mol. The van der Waals surface area contributed by atoms with Crippen molar-refractivity contribution in [1.29, 1.82) is 0 Å². The first-order chi connectivity index (χ1) is 13.9. The highest BCUT2D eigenvalue weighted by atomic mass is 19.1. The van der Waals surface area contributed by atoms with E-state index in [1.54, 1.807) is 12.1 Å². The normalized spacial score (nSPS) is 21.7. The van der Waals surface area contributed by atoms with E-state index in [-0.39, 0.29) is 24.4 Å². The predicted molar refractivity (Wildman–Crippen MR) is 108 cm³/mol. The Bertz CT molecular complexity index is 909. The van der Waals surface area contributed by atoms with Gasteiger partial charge in [-0.25, -0.2) is 14.1 Å². The van der Waals surface area contributed by atoms with Gasteiger partial charge >= 0.3 is 6.03 Å². The van der Waals surface area contributed by atoms with Gasteiger partial charge in [-0.15, -0.1) is 0 Å². The molecule has 6 heteroatoms. The van der Waals surface area contributed by atoms with Crippen LogP contribution in [0.25, 0.3) is 0 Å². The summed E-state index contributed by atoms with van der Waals surface area (Å²) in [6.45, 7) is 4.72. The highest BCUT2D eigenvalue weighted by molar-refractivity contribution is 6.07. The van der Waals surface area contributed by atoms with Gasteiger partial charge in [0.2, 0.25) is 0 Å². The molecule has 2 fully saturated rings. The summed E-state index contributed by atoms with van der Waals surface area (Å²) < 4.78 is 13.2. The average Bonchev–Trinajstić information content (AvgIpc) is 3.53. The number of carbonyl (C=O) groups is 2. The first-order valence-corrected chi connectivity index (χ1v) is 10.1. The summed E-state index contributed by atoms with van der Waals surface area (Å²) in [6.07, 6.45) is 2.57. The zero-order valence-corrected chi connectivity index (χ0v) is 16.8. The summed E-state index contributed by atoms with van der Waals surface area (Å²) in [6, 6.07) is 14.1. The highest BCUT2D eigenvalue weighted by Crippen LogP contribution is 2.34. The molecule has 1 aliphatic carbocycles.